The molecule has 6 nitrogen and oxygen atoms in total. The quantitative estimate of drug-likeness (QED) is 0.523. The van der Waals surface area contributed by atoms with E-state index in [1.54, 1.807) is 24.3 Å². The molecule has 0 aliphatic carbocycles. The molecular formula is C25H28N2O4S. The first-order chi connectivity index (χ1) is 15.1. The van der Waals surface area contributed by atoms with E-state index in [1.807, 2.05) is 74.5 Å². The number of carbonyl (C=O) groups excluding carboxylic acids is 1. The Balaban J connectivity index is 1.69. The first-order valence-electron chi connectivity index (χ1n) is 10.3. The summed E-state index contributed by atoms with van der Waals surface area (Å²) in [5.41, 5.74) is 0.949. The van der Waals surface area contributed by atoms with Crippen LogP contribution in [0.2, 0.25) is 0 Å². The number of nitrogens with zero attached hydrogens (tertiary/aromatic N) is 1. The predicted octanol–water partition coefficient (Wildman–Crippen LogP) is 4.38. The van der Waals surface area contributed by atoms with E-state index in [0.717, 1.165) is 16.1 Å². The molecule has 7 heteroatoms. The lowest BCUT2D eigenvalue weighted by atomic mass is 9.95. The number of hydrogen-bond acceptors (Lipinski definition) is 4. The number of ether oxygens (including phenoxy) is 1. The molecule has 32 heavy (non-hydrogen) atoms. The Kier molecular flexibility index (Phi) is 7.20. The molecule has 0 saturated carbocycles. The summed E-state index contributed by atoms with van der Waals surface area (Å²) in [4.78, 5) is 12.7. The maximum Gasteiger partial charge on any atom is 0.241 e. The van der Waals surface area contributed by atoms with Crippen molar-refractivity contribution in [1.82, 2.24) is 5.32 Å². The van der Waals surface area contributed by atoms with Gasteiger partial charge in [0.15, 0.2) is 0 Å². The Labute approximate surface area is 189 Å². The highest BCUT2D eigenvalue weighted by atomic mass is 32.2. The lowest BCUT2D eigenvalue weighted by Crippen LogP contribution is -2.50. The lowest BCUT2D eigenvalue weighted by Gasteiger charge is -2.29. The van der Waals surface area contributed by atoms with Gasteiger partial charge >= 0.3 is 0 Å². The van der Waals surface area contributed by atoms with Gasteiger partial charge in [-0.25, -0.2) is 8.42 Å². The molecule has 0 atom stereocenters. The summed E-state index contributed by atoms with van der Waals surface area (Å²) < 4.78 is 31.7. The van der Waals surface area contributed by atoms with Gasteiger partial charge in [0.25, 0.3) is 0 Å². The van der Waals surface area contributed by atoms with Gasteiger partial charge in [-0.2, -0.15) is 0 Å². The standard InChI is InChI=1S/C25H28N2O4S/c1-25(2,18-20-10-6-4-7-11-20)26-24(28)19-27(32(3,29)30)21-14-16-23(17-15-21)31-22-12-8-5-9-13-22/h4-17H,18-19H2,1-3H3,(H,26,28). The van der Waals surface area contributed by atoms with Crippen molar-refractivity contribution in [3.05, 3.63) is 90.5 Å². The van der Waals surface area contributed by atoms with Crippen LogP contribution in [0.1, 0.15) is 19.4 Å². The van der Waals surface area contributed by atoms with Crippen molar-refractivity contribution in [2.24, 2.45) is 0 Å². The number of benzene rings is 3. The van der Waals surface area contributed by atoms with Gasteiger partial charge in [-0.05, 0) is 62.2 Å². The highest BCUT2D eigenvalue weighted by Gasteiger charge is 2.25. The number of anilines is 1. The van der Waals surface area contributed by atoms with Crippen LogP contribution in [0.3, 0.4) is 0 Å². The van der Waals surface area contributed by atoms with Crippen LogP contribution >= 0.6 is 0 Å². The molecule has 0 fully saturated rings. The van der Waals surface area contributed by atoms with Gasteiger partial charge in [0.2, 0.25) is 15.9 Å². The lowest BCUT2D eigenvalue weighted by molar-refractivity contribution is -0.121. The van der Waals surface area contributed by atoms with Crippen LogP contribution in [0, 0.1) is 0 Å². The number of hydrogen-bond donors (Lipinski definition) is 1. The van der Waals surface area contributed by atoms with Gasteiger partial charge in [-0.1, -0.05) is 48.5 Å². The molecule has 0 saturated heterocycles. The molecule has 3 aromatic carbocycles. The summed E-state index contributed by atoms with van der Waals surface area (Å²) in [6, 6.07) is 25.7. The minimum Gasteiger partial charge on any atom is -0.457 e. The zero-order chi connectivity index (χ0) is 23.2. The molecule has 0 radical (unpaired) electrons. The van der Waals surface area contributed by atoms with Gasteiger partial charge in [-0.15, -0.1) is 0 Å². The van der Waals surface area contributed by atoms with Gasteiger partial charge in [0.1, 0.15) is 18.0 Å². The van der Waals surface area contributed by atoms with Crippen molar-refractivity contribution in [1.29, 1.82) is 0 Å². The van der Waals surface area contributed by atoms with E-state index in [2.05, 4.69) is 5.32 Å². The maximum absolute atomic E-state index is 12.7. The predicted molar refractivity (Wildman–Crippen MR) is 128 cm³/mol. The van der Waals surface area contributed by atoms with E-state index in [0.29, 0.717) is 23.6 Å². The van der Waals surface area contributed by atoms with Crippen LogP contribution in [0.4, 0.5) is 5.69 Å². The zero-order valence-corrected chi connectivity index (χ0v) is 19.3. The van der Waals surface area contributed by atoms with Crippen LogP contribution in [-0.4, -0.2) is 32.7 Å². The number of nitrogens with one attached hydrogen (secondary N) is 1. The molecule has 3 rings (SSSR count). The van der Waals surface area contributed by atoms with Crippen molar-refractivity contribution in [2.45, 2.75) is 25.8 Å². The maximum atomic E-state index is 12.7. The number of carbonyl (C=O) groups is 1. The van der Waals surface area contributed by atoms with Gasteiger partial charge in [-0.3, -0.25) is 9.10 Å². The van der Waals surface area contributed by atoms with Crippen molar-refractivity contribution >= 4 is 21.6 Å². The highest BCUT2D eigenvalue weighted by molar-refractivity contribution is 7.92. The second-order valence-corrected chi connectivity index (χ2v) is 10.2. The summed E-state index contributed by atoms with van der Waals surface area (Å²) in [6.07, 6.45) is 1.72. The molecular weight excluding hydrogens is 424 g/mol. The van der Waals surface area contributed by atoms with Crippen molar-refractivity contribution < 1.29 is 17.9 Å². The Morgan fingerprint density at radius 3 is 1.97 bits per heavy atom. The minimum absolute atomic E-state index is 0.310. The normalized spacial score (nSPS) is 11.6. The van der Waals surface area contributed by atoms with E-state index in [9.17, 15) is 13.2 Å². The van der Waals surface area contributed by atoms with E-state index in [4.69, 9.17) is 4.74 Å². The SMILES string of the molecule is CC(C)(Cc1ccccc1)NC(=O)CN(c1ccc(Oc2ccccc2)cc1)S(C)(=O)=O. The van der Waals surface area contributed by atoms with Gasteiger partial charge in [0.05, 0.1) is 11.9 Å². The second kappa shape index (κ2) is 9.87. The van der Waals surface area contributed by atoms with Crippen molar-refractivity contribution in [2.75, 3.05) is 17.1 Å². The first-order valence-corrected chi connectivity index (χ1v) is 12.1. The van der Waals surface area contributed by atoms with Crippen molar-refractivity contribution in [3.8, 4) is 11.5 Å². The number of rotatable bonds is 9. The van der Waals surface area contributed by atoms with Crippen molar-refractivity contribution in [3.63, 3.8) is 0 Å². The third-order valence-corrected chi connectivity index (χ3v) is 5.90. The van der Waals surface area contributed by atoms with Crippen LogP contribution in [0.25, 0.3) is 0 Å². The molecule has 1 amide bonds. The molecule has 0 aromatic heterocycles. The molecule has 168 valence electrons. The van der Waals surface area contributed by atoms with E-state index in [-0.39, 0.29) is 12.5 Å². The third kappa shape index (κ3) is 6.85. The monoisotopic (exact) mass is 452 g/mol. The molecule has 0 bridgehead atoms. The Hall–Kier alpha value is -3.32. The Bertz CT molecular complexity index is 1130. The number of amides is 1. The highest BCUT2D eigenvalue weighted by Crippen LogP contribution is 2.25. The van der Waals surface area contributed by atoms with Crippen LogP contribution in [0.15, 0.2) is 84.9 Å². The second-order valence-electron chi connectivity index (χ2n) is 8.27. The Morgan fingerprint density at radius 1 is 0.875 bits per heavy atom. The number of sulfonamides is 1. The van der Waals surface area contributed by atoms with Crippen LogP contribution in [0.5, 0.6) is 11.5 Å². The smallest absolute Gasteiger partial charge is 0.241 e. The zero-order valence-electron chi connectivity index (χ0n) is 18.5. The minimum atomic E-state index is -3.67. The molecule has 0 heterocycles. The summed E-state index contributed by atoms with van der Waals surface area (Å²) in [7, 11) is -3.67. The largest absolute Gasteiger partial charge is 0.457 e. The topological polar surface area (TPSA) is 75.7 Å². The van der Waals surface area contributed by atoms with E-state index < -0.39 is 15.6 Å². The fourth-order valence-electron chi connectivity index (χ4n) is 3.40. The van der Waals surface area contributed by atoms with Gasteiger partial charge in [0, 0.05) is 5.54 Å². The fourth-order valence-corrected chi connectivity index (χ4v) is 4.26. The summed E-state index contributed by atoms with van der Waals surface area (Å²) >= 11 is 0. The van der Waals surface area contributed by atoms with E-state index >= 15 is 0 Å². The van der Waals surface area contributed by atoms with E-state index in [1.165, 1.54) is 0 Å². The molecule has 3 aromatic rings. The summed E-state index contributed by atoms with van der Waals surface area (Å²) in [5.74, 6) is 0.878. The van der Waals surface area contributed by atoms with Gasteiger partial charge < -0.3 is 10.1 Å². The number of para-hydroxylation sites is 1. The fraction of sp³-hybridized carbons (Fsp3) is 0.240. The summed E-state index contributed by atoms with van der Waals surface area (Å²) in [6.45, 7) is 3.52. The van der Waals surface area contributed by atoms with Crippen LogP contribution < -0.4 is 14.4 Å². The first kappa shape index (κ1) is 23.3. The summed E-state index contributed by atoms with van der Waals surface area (Å²) in [5, 5.41) is 2.95. The third-order valence-electron chi connectivity index (χ3n) is 4.76. The molecule has 1 N–H and O–H groups in total. The molecule has 0 unspecified atom stereocenters. The average Bonchev–Trinajstić information content (AvgIpc) is 2.73. The van der Waals surface area contributed by atoms with Crippen LogP contribution in [-0.2, 0) is 21.2 Å². The molecule has 0 aliphatic heterocycles. The molecule has 0 spiro atoms. The molecule has 0 aliphatic rings. The average molecular weight is 453 g/mol. The Morgan fingerprint density at radius 2 is 1.41 bits per heavy atom.